The van der Waals surface area contributed by atoms with Crippen LogP contribution in [0.1, 0.15) is 29.6 Å². The van der Waals surface area contributed by atoms with E-state index in [4.69, 9.17) is 1.41 Å². The Labute approximate surface area is 201 Å². The molecule has 0 aliphatic carbocycles. The number of carbonyl (C=O) groups is 5. The highest BCUT2D eigenvalue weighted by molar-refractivity contribution is 8.15. The number of hydrogen-bond donors (Lipinski definition) is 1. The number of likely N-dealkylation sites (tertiary alicyclic amines) is 2. The van der Waals surface area contributed by atoms with Crippen LogP contribution in [0.3, 0.4) is 0 Å². The van der Waals surface area contributed by atoms with Crippen LogP contribution in [0.25, 0.3) is 0 Å². The zero-order chi connectivity index (χ0) is 25.4. The molecule has 3 rings (SSSR count). The Morgan fingerprint density at radius 1 is 1.12 bits per heavy atom. The molecule has 2 saturated heterocycles. The van der Waals surface area contributed by atoms with Crippen LogP contribution in [0.5, 0.6) is 0 Å². The molecule has 0 aromatic heterocycles. The third kappa shape index (κ3) is 6.24. The first kappa shape index (κ1) is 25.0. The van der Waals surface area contributed by atoms with Crippen LogP contribution in [0.15, 0.2) is 24.3 Å². The Kier molecular flexibility index (Phi) is 9.10. The fourth-order valence-corrected chi connectivity index (χ4v) is 4.98. The fraction of sp³-hybridized carbons (Fsp3) is 0.421. The van der Waals surface area contributed by atoms with Crippen molar-refractivity contribution in [1.29, 1.82) is 5.15 Å². The number of thioether (sulfide) groups is 2. The second-order valence-corrected chi connectivity index (χ2v) is 9.17. The van der Waals surface area contributed by atoms with E-state index in [1.165, 1.54) is 36.0 Å². The number of carbonyl (C=O) groups excluding carboxylic acids is 5. The smallest absolute Gasteiger partial charge is 0.269 e. The van der Waals surface area contributed by atoms with Gasteiger partial charge in [-0.25, -0.2) is 0 Å². The van der Waals surface area contributed by atoms with Crippen LogP contribution in [0, 0.1) is 15.3 Å². The maximum atomic E-state index is 12.6. The van der Waals surface area contributed by atoms with E-state index in [2.05, 4.69) is 14.2 Å². The Morgan fingerprint density at radius 3 is 2.06 bits per heavy atom. The Balaban J connectivity index is 0.00000129. The van der Waals surface area contributed by atoms with Gasteiger partial charge in [0.1, 0.15) is 5.25 Å². The van der Waals surface area contributed by atoms with Gasteiger partial charge in [-0.1, -0.05) is 11.8 Å². The van der Waals surface area contributed by atoms with Crippen LogP contribution in [-0.2, 0) is 19.2 Å². The summed E-state index contributed by atoms with van der Waals surface area (Å²) in [7, 11) is 2.48. The predicted molar refractivity (Wildman–Crippen MR) is 124 cm³/mol. The first-order valence-electron chi connectivity index (χ1n) is 10.1. The first-order chi connectivity index (χ1) is 16.1. The number of benzene rings is 1. The molecule has 1 aromatic carbocycles. The largest absolute Gasteiger partial charge is 0.287 e. The second-order valence-electron chi connectivity index (χ2n) is 6.95. The molecule has 2 aliphatic heterocycles. The lowest BCUT2D eigenvalue weighted by molar-refractivity contribution is -0.384. The first-order valence-corrected chi connectivity index (χ1v) is 12.2. The third-order valence-corrected chi connectivity index (χ3v) is 7.06. The molecule has 2 fully saturated rings. The van der Waals surface area contributed by atoms with E-state index in [0.29, 0.717) is 11.8 Å². The van der Waals surface area contributed by atoms with Crippen molar-refractivity contribution in [2.45, 2.75) is 29.8 Å². The molecule has 4 amide bonds. The van der Waals surface area contributed by atoms with E-state index in [1.807, 2.05) is 0 Å². The molecule has 1 aromatic rings. The fourth-order valence-electron chi connectivity index (χ4n) is 3.36. The van der Waals surface area contributed by atoms with Crippen molar-refractivity contribution < 1.29 is 30.3 Å². The monoisotopic (exact) mass is 513 g/mol. The summed E-state index contributed by atoms with van der Waals surface area (Å²) >= 11 is 2.03. The molecule has 2 unspecified atom stereocenters. The lowest BCUT2D eigenvalue weighted by Gasteiger charge is -2.18. The van der Waals surface area contributed by atoms with Gasteiger partial charge in [0.25, 0.3) is 5.69 Å². The van der Waals surface area contributed by atoms with Crippen LogP contribution >= 0.6 is 32.6 Å². The minimum atomic E-state index is -0.869. The number of non-ortho nitro benzene ring substituents is 1. The van der Waals surface area contributed by atoms with Gasteiger partial charge in [-0.15, -0.1) is 0 Å². The molecule has 14 heteroatoms. The maximum Gasteiger partial charge on any atom is 0.269 e. The molecule has 11 nitrogen and oxygen atoms in total. The van der Waals surface area contributed by atoms with E-state index < -0.39 is 27.1 Å². The average Bonchev–Trinajstić information content (AvgIpc) is 3.23. The van der Waals surface area contributed by atoms with E-state index in [1.54, 1.807) is 6.26 Å². The van der Waals surface area contributed by atoms with Crippen molar-refractivity contribution in [3.63, 3.8) is 0 Å². The number of nitro benzene ring substituents is 1. The zero-order valence-electron chi connectivity index (χ0n) is 18.5. The molecule has 1 N–H and O–H groups in total. The van der Waals surface area contributed by atoms with Gasteiger partial charge in [0.2, 0.25) is 28.7 Å². The number of amides is 4. The minimum Gasteiger partial charge on any atom is -0.287 e. The molecule has 2 heterocycles. The SMILES string of the molecule is CSC1CC(=O)N(CCCN2C(=O)CC(SC(=O)c3ccc([N+](=O)[O-])cc3)C2=O)C1=O.[2H]N=P. The summed E-state index contributed by atoms with van der Waals surface area (Å²) in [6.45, 7) is 0.187. The van der Waals surface area contributed by atoms with Crippen LogP contribution < -0.4 is 0 Å². The Bertz CT molecular complexity index is 1010. The van der Waals surface area contributed by atoms with Crippen molar-refractivity contribution in [3.8, 4) is 0 Å². The quantitative estimate of drug-likeness (QED) is 0.238. The van der Waals surface area contributed by atoms with Gasteiger partial charge in [0.15, 0.2) is 1.41 Å². The van der Waals surface area contributed by atoms with Gasteiger partial charge in [-0.05, 0) is 33.8 Å². The summed E-state index contributed by atoms with van der Waals surface area (Å²) in [5, 5.41) is 11.5. The van der Waals surface area contributed by atoms with Gasteiger partial charge in [-0.2, -0.15) is 11.8 Å². The Morgan fingerprint density at radius 2 is 1.61 bits per heavy atom. The third-order valence-electron chi connectivity index (χ3n) is 5.02. The number of nitrogens with zero attached hydrogens (tertiary/aromatic N) is 3. The topological polar surface area (TPSA) is 159 Å². The molecule has 0 radical (unpaired) electrons. The van der Waals surface area contributed by atoms with Crippen molar-refractivity contribution >= 4 is 67.0 Å². The molecular formula is C19H21N4O7PS2. The summed E-state index contributed by atoms with van der Waals surface area (Å²) in [6, 6.07) is 5.01. The van der Waals surface area contributed by atoms with Gasteiger partial charge in [0, 0.05) is 43.6 Å². The van der Waals surface area contributed by atoms with Gasteiger partial charge < -0.3 is 0 Å². The summed E-state index contributed by atoms with van der Waals surface area (Å²) in [5.74, 6) is -1.42. The van der Waals surface area contributed by atoms with Crippen molar-refractivity contribution in [2.75, 3.05) is 19.3 Å². The minimum absolute atomic E-state index is 0.0570. The van der Waals surface area contributed by atoms with Crippen LogP contribution in [0.2, 0.25) is 1.41 Å². The van der Waals surface area contributed by atoms with E-state index in [0.717, 1.165) is 9.80 Å². The Hall–Kier alpha value is -2.63. The van der Waals surface area contributed by atoms with E-state index in [-0.39, 0.29) is 60.7 Å². The van der Waals surface area contributed by atoms with Crippen LogP contribution in [-0.4, -0.2) is 73.3 Å². The number of nitro groups is 1. The number of hydrogen-bond acceptors (Lipinski definition) is 10. The van der Waals surface area contributed by atoms with Gasteiger partial charge in [0.05, 0.1) is 10.2 Å². The van der Waals surface area contributed by atoms with Crippen molar-refractivity contribution in [3.05, 3.63) is 39.9 Å². The number of nitrogens with one attached hydrogen (secondary N) is 1. The lowest BCUT2D eigenvalue weighted by Crippen LogP contribution is -2.37. The molecule has 0 spiro atoms. The van der Waals surface area contributed by atoms with E-state index >= 15 is 0 Å². The van der Waals surface area contributed by atoms with Crippen LogP contribution in [0.4, 0.5) is 5.69 Å². The lowest BCUT2D eigenvalue weighted by atomic mass is 10.2. The molecule has 176 valence electrons. The van der Waals surface area contributed by atoms with Crippen molar-refractivity contribution in [1.82, 2.24) is 9.80 Å². The average molecular weight is 514 g/mol. The zero-order valence-corrected chi connectivity index (χ0v) is 20.1. The summed E-state index contributed by atoms with van der Waals surface area (Å²) in [4.78, 5) is 73.6. The highest BCUT2D eigenvalue weighted by Gasteiger charge is 2.41. The summed E-state index contributed by atoms with van der Waals surface area (Å²) in [6.07, 6.45) is 2.06. The van der Waals surface area contributed by atoms with Crippen molar-refractivity contribution in [2.24, 2.45) is 0 Å². The number of rotatable bonds is 8. The highest BCUT2D eigenvalue weighted by atomic mass is 32.2. The normalized spacial score (nSPS) is 20.5. The molecule has 2 atom stereocenters. The standard InChI is InChI=1S/C19H19N3O7S2.H2NP/c1-30-13-9-15(23)20(17(13)25)7-2-8-21-16(24)10-14(18(21)26)31-19(27)11-3-5-12(6-4-11)22(28)29;1-2/h3-6,13-14H,2,7-10H2,1H3;1-2H/i/hD. The molecule has 2 aliphatic rings. The van der Waals surface area contributed by atoms with Gasteiger partial charge >= 0.3 is 0 Å². The molecular weight excluding hydrogens is 491 g/mol. The highest BCUT2D eigenvalue weighted by Crippen LogP contribution is 2.29. The maximum absolute atomic E-state index is 12.6. The second kappa shape index (κ2) is 12.0. The predicted octanol–water partition coefficient (Wildman–Crippen LogP) is 2.37. The van der Waals surface area contributed by atoms with E-state index in [9.17, 15) is 34.1 Å². The molecule has 0 saturated carbocycles. The van der Waals surface area contributed by atoms with Gasteiger partial charge in [-0.3, -0.25) is 49.0 Å². The summed E-state index contributed by atoms with van der Waals surface area (Å²) in [5.41, 5.74) is 0.0439. The molecule has 33 heavy (non-hydrogen) atoms. The molecule has 0 bridgehead atoms. The number of imide groups is 2. The summed E-state index contributed by atoms with van der Waals surface area (Å²) < 4.78 is 5.75.